The van der Waals surface area contributed by atoms with Crippen LogP contribution in [0.25, 0.3) is 11.1 Å². The number of hydrogen-bond acceptors (Lipinski definition) is 8. The van der Waals surface area contributed by atoms with Crippen molar-refractivity contribution in [1.82, 2.24) is 0 Å². The summed E-state index contributed by atoms with van der Waals surface area (Å²) in [6.45, 7) is 10.4. The number of hydrogen-bond donors (Lipinski definition) is 1. The largest absolute Gasteiger partial charge is 0.384 e. The normalized spacial score (nSPS) is 15.6. The number of carbonyl (C=O) groups excluding carboxylic acids is 4. The maximum atomic E-state index is 14.3. The summed E-state index contributed by atoms with van der Waals surface area (Å²) in [6, 6.07) is 31.8. The van der Waals surface area contributed by atoms with E-state index in [0.717, 1.165) is 33.4 Å². The molecule has 8 heteroatoms. The molecule has 1 unspecified atom stereocenters. The van der Waals surface area contributed by atoms with Crippen molar-refractivity contribution in [3.8, 4) is 11.1 Å². The molecule has 5 aromatic carbocycles. The molecular weight excluding hydrogens is 729 g/mol. The van der Waals surface area contributed by atoms with Crippen molar-refractivity contribution in [3.63, 3.8) is 0 Å². The van der Waals surface area contributed by atoms with Gasteiger partial charge in [-0.05, 0) is 117 Å². The summed E-state index contributed by atoms with van der Waals surface area (Å²) in [4.78, 5) is 55.1. The molecule has 0 aliphatic heterocycles. The number of rotatable bonds is 13. The first kappa shape index (κ1) is 40.8. The van der Waals surface area contributed by atoms with E-state index >= 15 is 0 Å². The molecule has 2 aliphatic carbocycles. The number of aliphatic hydroxyl groups excluding tert-OH is 1. The van der Waals surface area contributed by atoms with Crippen LogP contribution >= 0.6 is 0 Å². The van der Waals surface area contributed by atoms with Crippen LogP contribution in [0.5, 0.6) is 0 Å². The first-order valence-corrected chi connectivity index (χ1v) is 19.5. The average molecular weight is 779 g/mol. The Morgan fingerprint density at radius 3 is 1.48 bits per heavy atom. The minimum atomic E-state index is -1.10. The van der Waals surface area contributed by atoms with Gasteiger partial charge in [-0.2, -0.15) is 0 Å². The van der Waals surface area contributed by atoms with Gasteiger partial charge in [0.25, 0.3) is 0 Å². The van der Waals surface area contributed by atoms with Crippen LogP contribution in [-0.4, -0.2) is 66.4 Å². The van der Waals surface area contributed by atoms with Gasteiger partial charge in [0.15, 0.2) is 23.1 Å². The van der Waals surface area contributed by atoms with Crippen molar-refractivity contribution >= 4 is 23.1 Å². The summed E-state index contributed by atoms with van der Waals surface area (Å²) in [5, 5.41) is 11.8. The zero-order valence-corrected chi connectivity index (χ0v) is 34.6. The van der Waals surface area contributed by atoms with Gasteiger partial charge in [-0.3, -0.25) is 19.2 Å². The molecule has 7 rings (SSSR count). The zero-order valence-electron chi connectivity index (χ0n) is 34.6. The van der Waals surface area contributed by atoms with Crippen LogP contribution in [0, 0.1) is 0 Å². The number of Topliss-reactive ketones (excluding diaryl/α,β-unsaturated/α-hetero) is 3. The first-order valence-electron chi connectivity index (χ1n) is 19.5. The van der Waals surface area contributed by atoms with Gasteiger partial charge in [-0.15, -0.1) is 0 Å². The second-order valence-electron chi connectivity index (χ2n) is 17.0. The fourth-order valence-electron chi connectivity index (χ4n) is 8.38. The van der Waals surface area contributed by atoms with Gasteiger partial charge in [0.2, 0.25) is 0 Å². The standard InChI is InChI=1S/C50H50O8/c1-47(2,56-7)44(53)31-18-14-29(15-19-31)27-50(28-30-16-20-32(21-17-30)45(54)48(3,4)57-8)40-24-33(46(55)49(5,6)58-9)22-23-34(40)37-25-38-39(26-41(37)50)43(52)36-13-11-10-12-35(36)42(38)51/h10-26,42,51H,27-28H2,1-9H3. The molecule has 0 saturated carbocycles. The van der Waals surface area contributed by atoms with E-state index in [4.69, 9.17) is 14.2 Å². The molecule has 0 amide bonds. The van der Waals surface area contributed by atoms with Crippen molar-refractivity contribution in [1.29, 1.82) is 0 Å². The molecule has 0 saturated heterocycles. The average Bonchev–Trinajstić information content (AvgIpc) is 3.48. The molecule has 298 valence electrons. The van der Waals surface area contributed by atoms with E-state index in [-0.39, 0.29) is 23.1 Å². The molecular formula is C50H50O8. The van der Waals surface area contributed by atoms with Crippen LogP contribution in [0.2, 0.25) is 0 Å². The summed E-state index contributed by atoms with van der Waals surface area (Å²) in [6.07, 6.45) is -0.174. The van der Waals surface area contributed by atoms with Crippen LogP contribution in [0.3, 0.4) is 0 Å². The van der Waals surface area contributed by atoms with Gasteiger partial charge in [0.1, 0.15) is 22.9 Å². The highest BCUT2D eigenvalue weighted by Crippen LogP contribution is 2.55. The monoisotopic (exact) mass is 778 g/mol. The van der Waals surface area contributed by atoms with Gasteiger partial charge >= 0.3 is 0 Å². The van der Waals surface area contributed by atoms with Crippen molar-refractivity contribution < 1.29 is 38.5 Å². The third-order valence-corrected chi connectivity index (χ3v) is 12.4. The van der Waals surface area contributed by atoms with Gasteiger partial charge in [0, 0.05) is 54.6 Å². The van der Waals surface area contributed by atoms with E-state index in [9.17, 15) is 24.3 Å². The van der Waals surface area contributed by atoms with Crippen molar-refractivity contribution in [2.24, 2.45) is 0 Å². The molecule has 1 N–H and O–H groups in total. The molecule has 0 bridgehead atoms. The van der Waals surface area contributed by atoms with Crippen molar-refractivity contribution in [3.05, 3.63) is 164 Å². The maximum Gasteiger partial charge on any atom is 0.194 e. The second kappa shape index (κ2) is 14.8. The Bertz CT molecular complexity index is 2400. The SMILES string of the molecule is COC(C)(C)C(=O)c1ccc(CC2(Cc3ccc(C(=O)C(C)(C)OC)cc3)c3cc(C(=O)C(C)(C)OC)ccc3-c3cc4c(cc32)C(=O)c2ccccc2C4O)cc1. The first-order chi connectivity index (χ1) is 27.4. The Labute approximate surface area is 340 Å². The number of benzene rings is 5. The Kier molecular flexibility index (Phi) is 10.4. The van der Waals surface area contributed by atoms with Crippen molar-refractivity contribution in [2.75, 3.05) is 21.3 Å². The van der Waals surface area contributed by atoms with E-state index in [2.05, 4.69) is 0 Å². The quantitative estimate of drug-likeness (QED) is 0.118. The molecule has 0 heterocycles. The molecule has 1 atom stereocenters. The maximum absolute atomic E-state index is 14.3. The Morgan fingerprint density at radius 1 is 0.534 bits per heavy atom. The highest BCUT2D eigenvalue weighted by Gasteiger charge is 2.46. The Hall–Kier alpha value is -5.38. The van der Waals surface area contributed by atoms with Crippen LogP contribution in [-0.2, 0) is 32.5 Å². The summed E-state index contributed by atoms with van der Waals surface area (Å²) < 4.78 is 16.6. The highest BCUT2D eigenvalue weighted by molar-refractivity contribution is 6.13. The molecule has 58 heavy (non-hydrogen) atoms. The molecule has 8 nitrogen and oxygen atoms in total. The van der Waals surface area contributed by atoms with Gasteiger partial charge in [-0.1, -0.05) is 84.9 Å². The second-order valence-corrected chi connectivity index (χ2v) is 17.0. The summed E-state index contributed by atoms with van der Waals surface area (Å²) in [5.74, 6) is -0.650. The lowest BCUT2D eigenvalue weighted by Crippen LogP contribution is -2.35. The lowest BCUT2D eigenvalue weighted by atomic mass is 9.68. The van der Waals surface area contributed by atoms with E-state index in [0.29, 0.717) is 51.8 Å². The topological polar surface area (TPSA) is 116 Å². The summed E-state index contributed by atoms with van der Waals surface area (Å²) >= 11 is 0. The van der Waals surface area contributed by atoms with Crippen LogP contribution in [0.1, 0.15) is 128 Å². The lowest BCUT2D eigenvalue weighted by Gasteiger charge is -2.34. The fourth-order valence-corrected chi connectivity index (χ4v) is 8.38. The third-order valence-electron chi connectivity index (χ3n) is 12.4. The summed E-state index contributed by atoms with van der Waals surface area (Å²) in [5.41, 5.74) is 4.80. The predicted molar refractivity (Wildman–Crippen MR) is 223 cm³/mol. The minimum absolute atomic E-state index is 0.146. The number of fused-ring (bicyclic) bond motifs is 5. The molecule has 2 aliphatic rings. The molecule has 0 fully saturated rings. The van der Waals surface area contributed by atoms with E-state index in [1.807, 2.05) is 84.9 Å². The minimum Gasteiger partial charge on any atom is -0.384 e. The molecule has 5 aromatic rings. The fraction of sp³-hybridized carbons (Fsp3) is 0.320. The van der Waals surface area contributed by atoms with E-state index in [1.54, 1.807) is 59.7 Å². The number of ketones is 4. The number of ether oxygens (including phenoxy) is 3. The number of aliphatic hydroxyl groups is 1. The Morgan fingerprint density at radius 2 is 0.983 bits per heavy atom. The molecule has 0 aromatic heterocycles. The van der Waals surface area contributed by atoms with Crippen LogP contribution < -0.4 is 0 Å². The molecule has 0 radical (unpaired) electrons. The van der Waals surface area contributed by atoms with Crippen LogP contribution in [0.4, 0.5) is 0 Å². The van der Waals surface area contributed by atoms with Crippen molar-refractivity contribution in [2.45, 2.75) is 82.7 Å². The predicted octanol–water partition coefficient (Wildman–Crippen LogP) is 8.89. The molecule has 0 spiro atoms. The van der Waals surface area contributed by atoms with E-state index < -0.39 is 28.3 Å². The van der Waals surface area contributed by atoms with Crippen LogP contribution in [0.15, 0.2) is 103 Å². The number of carbonyl (C=O) groups is 4. The highest BCUT2D eigenvalue weighted by atomic mass is 16.5. The smallest absolute Gasteiger partial charge is 0.194 e. The Balaban J connectivity index is 1.47. The summed E-state index contributed by atoms with van der Waals surface area (Å²) in [7, 11) is 4.54. The lowest BCUT2D eigenvalue weighted by molar-refractivity contribution is 0.0228. The number of methoxy groups -OCH3 is 3. The van der Waals surface area contributed by atoms with E-state index in [1.165, 1.54) is 21.3 Å². The van der Waals surface area contributed by atoms with Gasteiger partial charge < -0.3 is 19.3 Å². The van der Waals surface area contributed by atoms with Gasteiger partial charge in [-0.25, -0.2) is 0 Å². The zero-order chi connectivity index (χ0) is 41.9. The third kappa shape index (κ3) is 6.78. The van der Waals surface area contributed by atoms with Gasteiger partial charge in [0.05, 0.1) is 0 Å².